The lowest BCUT2D eigenvalue weighted by molar-refractivity contribution is -0.134. The molecule has 1 aliphatic heterocycles. The van der Waals surface area contributed by atoms with Gasteiger partial charge in [0.25, 0.3) is 0 Å². The molecule has 0 saturated carbocycles. The number of carbonyl (C=O) groups is 2. The van der Waals surface area contributed by atoms with Crippen molar-refractivity contribution >= 4 is 11.8 Å². The summed E-state index contributed by atoms with van der Waals surface area (Å²) in [5, 5.41) is 2.94. The zero-order chi connectivity index (χ0) is 13.7. The third-order valence-corrected chi connectivity index (χ3v) is 3.53. The van der Waals surface area contributed by atoms with Crippen molar-refractivity contribution in [2.75, 3.05) is 13.1 Å². The highest BCUT2D eigenvalue weighted by Gasteiger charge is 2.25. The number of aromatic nitrogens is 1. The molecule has 1 aromatic heterocycles. The van der Waals surface area contributed by atoms with Gasteiger partial charge in [-0.15, -0.1) is 0 Å². The molecule has 2 rings (SSSR count). The fourth-order valence-corrected chi connectivity index (χ4v) is 2.29. The zero-order valence-electron chi connectivity index (χ0n) is 11.1. The van der Waals surface area contributed by atoms with E-state index in [4.69, 9.17) is 0 Å². The number of nitrogens with one attached hydrogen (secondary N) is 1. The van der Waals surface area contributed by atoms with E-state index < -0.39 is 0 Å². The molecular formula is C14H19N3O2. The van der Waals surface area contributed by atoms with E-state index in [2.05, 4.69) is 10.3 Å². The summed E-state index contributed by atoms with van der Waals surface area (Å²) in [5.74, 6) is 0.202. The summed E-state index contributed by atoms with van der Waals surface area (Å²) in [4.78, 5) is 29.0. The molecule has 5 heteroatoms. The Kier molecular flexibility index (Phi) is 4.49. The molecule has 5 nitrogen and oxygen atoms in total. The van der Waals surface area contributed by atoms with Gasteiger partial charge in [0.1, 0.15) is 0 Å². The van der Waals surface area contributed by atoms with Gasteiger partial charge in [-0.3, -0.25) is 14.6 Å². The van der Waals surface area contributed by atoms with Gasteiger partial charge in [0.2, 0.25) is 11.8 Å². The predicted molar refractivity (Wildman–Crippen MR) is 71.1 cm³/mol. The summed E-state index contributed by atoms with van der Waals surface area (Å²) >= 11 is 0. The van der Waals surface area contributed by atoms with Gasteiger partial charge < -0.3 is 10.2 Å². The van der Waals surface area contributed by atoms with Crippen molar-refractivity contribution < 1.29 is 9.59 Å². The van der Waals surface area contributed by atoms with Gasteiger partial charge in [0, 0.05) is 44.9 Å². The second-order valence-electron chi connectivity index (χ2n) is 4.85. The van der Waals surface area contributed by atoms with Crippen LogP contribution in [-0.2, 0) is 16.1 Å². The average molecular weight is 261 g/mol. The van der Waals surface area contributed by atoms with Crippen LogP contribution in [0.25, 0.3) is 0 Å². The van der Waals surface area contributed by atoms with Crippen LogP contribution in [0.1, 0.15) is 25.3 Å². The maximum absolute atomic E-state index is 12.0. The molecule has 1 saturated heterocycles. The van der Waals surface area contributed by atoms with Crippen LogP contribution < -0.4 is 5.32 Å². The molecule has 0 radical (unpaired) electrons. The van der Waals surface area contributed by atoms with Crippen LogP contribution in [0.3, 0.4) is 0 Å². The average Bonchev–Trinajstić information content (AvgIpc) is 2.46. The van der Waals surface area contributed by atoms with Crippen molar-refractivity contribution in [2.45, 2.75) is 26.3 Å². The summed E-state index contributed by atoms with van der Waals surface area (Å²) in [7, 11) is 0. The Labute approximate surface area is 113 Å². The summed E-state index contributed by atoms with van der Waals surface area (Å²) in [6.45, 7) is 3.48. The third kappa shape index (κ3) is 3.77. The maximum atomic E-state index is 12.0. The second-order valence-corrected chi connectivity index (χ2v) is 4.85. The number of nitrogens with zero attached hydrogens (tertiary/aromatic N) is 2. The minimum atomic E-state index is 0.0254. The number of rotatable bonds is 3. The first-order chi connectivity index (χ1) is 9.16. The standard InChI is InChI=1S/C14H19N3O2/c1-11(18)17-8-4-13(5-9-17)14(19)16-10-12-2-6-15-7-3-12/h2-3,6-7,13H,4-5,8-10H2,1H3,(H,16,19). The van der Waals surface area contributed by atoms with E-state index in [1.807, 2.05) is 12.1 Å². The van der Waals surface area contributed by atoms with Crippen LogP contribution in [0.4, 0.5) is 0 Å². The highest BCUT2D eigenvalue weighted by atomic mass is 16.2. The number of pyridine rings is 1. The van der Waals surface area contributed by atoms with Crippen LogP contribution >= 0.6 is 0 Å². The SMILES string of the molecule is CC(=O)N1CCC(C(=O)NCc2ccncc2)CC1. The normalized spacial score (nSPS) is 16.2. The van der Waals surface area contributed by atoms with Crippen molar-refractivity contribution in [3.63, 3.8) is 0 Å². The maximum Gasteiger partial charge on any atom is 0.223 e. The van der Waals surface area contributed by atoms with Crippen LogP contribution in [0.5, 0.6) is 0 Å². The first kappa shape index (κ1) is 13.5. The monoisotopic (exact) mass is 261 g/mol. The Morgan fingerprint density at radius 3 is 2.53 bits per heavy atom. The van der Waals surface area contributed by atoms with Crippen LogP contribution in [0.2, 0.25) is 0 Å². The number of carbonyl (C=O) groups excluding carboxylic acids is 2. The van der Waals surface area contributed by atoms with E-state index in [1.165, 1.54) is 0 Å². The van der Waals surface area contributed by atoms with Crippen molar-refractivity contribution in [3.05, 3.63) is 30.1 Å². The molecule has 1 aliphatic rings. The molecule has 0 bridgehead atoms. The van der Waals surface area contributed by atoms with Crippen molar-refractivity contribution in [3.8, 4) is 0 Å². The first-order valence-corrected chi connectivity index (χ1v) is 6.59. The van der Waals surface area contributed by atoms with E-state index in [0.717, 1.165) is 18.4 Å². The Morgan fingerprint density at radius 1 is 1.32 bits per heavy atom. The third-order valence-electron chi connectivity index (χ3n) is 3.53. The molecule has 0 atom stereocenters. The number of amides is 2. The molecule has 0 aliphatic carbocycles. The molecule has 0 unspecified atom stereocenters. The summed E-state index contributed by atoms with van der Waals surface area (Å²) in [6.07, 6.45) is 4.93. The number of likely N-dealkylation sites (tertiary alicyclic amines) is 1. The van der Waals surface area contributed by atoms with Gasteiger partial charge in [-0.2, -0.15) is 0 Å². The van der Waals surface area contributed by atoms with E-state index in [-0.39, 0.29) is 17.7 Å². The summed E-state index contributed by atoms with van der Waals surface area (Å²) in [6, 6.07) is 3.78. The van der Waals surface area contributed by atoms with Crippen molar-refractivity contribution in [1.29, 1.82) is 0 Å². The number of hydrogen-bond acceptors (Lipinski definition) is 3. The lowest BCUT2D eigenvalue weighted by Crippen LogP contribution is -2.42. The molecule has 2 heterocycles. The Balaban J connectivity index is 1.77. The Morgan fingerprint density at radius 2 is 1.95 bits per heavy atom. The van der Waals surface area contributed by atoms with Gasteiger partial charge >= 0.3 is 0 Å². The van der Waals surface area contributed by atoms with Crippen LogP contribution in [0.15, 0.2) is 24.5 Å². The van der Waals surface area contributed by atoms with Gasteiger partial charge in [-0.1, -0.05) is 0 Å². The predicted octanol–water partition coefficient (Wildman–Crippen LogP) is 0.956. The largest absolute Gasteiger partial charge is 0.352 e. The van der Waals surface area contributed by atoms with E-state index in [1.54, 1.807) is 24.2 Å². The molecule has 2 amide bonds. The summed E-state index contributed by atoms with van der Waals surface area (Å²) < 4.78 is 0. The molecule has 102 valence electrons. The van der Waals surface area contributed by atoms with Gasteiger partial charge in [0.05, 0.1) is 0 Å². The Bertz CT molecular complexity index is 439. The molecule has 1 fully saturated rings. The minimum Gasteiger partial charge on any atom is -0.352 e. The van der Waals surface area contributed by atoms with E-state index in [0.29, 0.717) is 19.6 Å². The minimum absolute atomic E-state index is 0.0254. The van der Waals surface area contributed by atoms with Gasteiger partial charge in [-0.25, -0.2) is 0 Å². The van der Waals surface area contributed by atoms with E-state index in [9.17, 15) is 9.59 Å². The lowest BCUT2D eigenvalue weighted by Gasteiger charge is -2.30. The van der Waals surface area contributed by atoms with Crippen LogP contribution in [0, 0.1) is 5.92 Å². The fraction of sp³-hybridized carbons (Fsp3) is 0.500. The summed E-state index contributed by atoms with van der Waals surface area (Å²) in [5.41, 5.74) is 1.05. The first-order valence-electron chi connectivity index (χ1n) is 6.59. The highest BCUT2D eigenvalue weighted by molar-refractivity contribution is 5.79. The number of hydrogen-bond donors (Lipinski definition) is 1. The molecule has 1 aromatic rings. The highest BCUT2D eigenvalue weighted by Crippen LogP contribution is 2.17. The zero-order valence-corrected chi connectivity index (χ0v) is 11.1. The molecule has 0 spiro atoms. The van der Waals surface area contributed by atoms with E-state index >= 15 is 0 Å². The van der Waals surface area contributed by atoms with Gasteiger partial charge in [-0.05, 0) is 30.5 Å². The quantitative estimate of drug-likeness (QED) is 0.881. The molecule has 1 N–H and O–H groups in total. The molecule has 0 aromatic carbocycles. The fourth-order valence-electron chi connectivity index (χ4n) is 2.29. The van der Waals surface area contributed by atoms with Gasteiger partial charge in [0.15, 0.2) is 0 Å². The molecular weight excluding hydrogens is 242 g/mol. The second kappa shape index (κ2) is 6.31. The number of piperidine rings is 1. The van der Waals surface area contributed by atoms with Crippen LogP contribution in [-0.4, -0.2) is 34.8 Å². The lowest BCUT2D eigenvalue weighted by atomic mass is 9.96. The Hall–Kier alpha value is -1.91. The van der Waals surface area contributed by atoms with Crippen molar-refractivity contribution in [1.82, 2.24) is 15.2 Å². The smallest absolute Gasteiger partial charge is 0.223 e. The topological polar surface area (TPSA) is 62.3 Å². The molecule has 19 heavy (non-hydrogen) atoms. The van der Waals surface area contributed by atoms with Crippen molar-refractivity contribution in [2.24, 2.45) is 5.92 Å².